The first-order chi connectivity index (χ1) is 22.3. The second kappa shape index (κ2) is 19.6. The minimum Gasteiger partial charge on any atom is -0.352 e. The average molecular weight is 660 g/mol. The van der Waals surface area contributed by atoms with E-state index in [9.17, 15) is 33.6 Å². The number of piperidine rings is 2. The number of carbonyl (C=O) groups is 6. The van der Waals surface area contributed by atoms with E-state index in [1.807, 2.05) is 6.92 Å². The van der Waals surface area contributed by atoms with Gasteiger partial charge >= 0.3 is 0 Å². The molecule has 0 aliphatic carbocycles. The van der Waals surface area contributed by atoms with E-state index < -0.39 is 11.7 Å². The van der Waals surface area contributed by atoms with Gasteiger partial charge in [0.25, 0.3) is 11.5 Å². The highest BCUT2D eigenvalue weighted by molar-refractivity contribution is 6.36. The molecule has 5 amide bonds. The van der Waals surface area contributed by atoms with Crippen LogP contribution in [0.4, 0.5) is 5.69 Å². The van der Waals surface area contributed by atoms with E-state index in [1.165, 1.54) is 28.9 Å². The van der Waals surface area contributed by atoms with Gasteiger partial charge in [0.15, 0.2) is 0 Å². The molecule has 2 aliphatic rings. The number of nitrogens with one attached hydrogen (secondary N) is 4. The predicted molar refractivity (Wildman–Crippen MR) is 178 cm³/mol. The van der Waals surface area contributed by atoms with Crippen molar-refractivity contribution >= 4 is 41.5 Å². The molecule has 0 saturated carbocycles. The van der Waals surface area contributed by atoms with Crippen molar-refractivity contribution in [1.82, 2.24) is 30.3 Å². The highest BCUT2D eigenvalue weighted by Crippen LogP contribution is 2.35. The fourth-order valence-corrected chi connectivity index (χ4v) is 6.27. The number of pyridine rings is 1. The zero-order valence-corrected chi connectivity index (χ0v) is 28.7. The molecule has 2 bridgehead atoms. The van der Waals surface area contributed by atoms with Gasteiger partial charge in [-0.1, -0.05) is 20.8 Å². The van der Waals surface area contributed by atoms with Crippen molar-refractivity contribution in [3.8, 4) is 0 Å². The van der Waals surface area contributed by atoms with Gasteiger partial charge in [0.05, 0.1) is 12.7 Å². The lowest BCUT2D eigenvalue weighted by molar-refractivity contribution is -0.138. The molecule has 2 aliphatic heterocycles. The Morgan fingerprint density at radius 1 is 1.09 bits per heavy atom. The third-order valence-corrected chi connectivity index (χ3v) is 8.35. The number of hydrogen-bond acceptors (Lipinski definition) is 8. The molecular weight excluding hydrogens is 606 g/mol. The number of ketones is 1. The highest BCUT2D eigenvalue weighted by atomic mass is 16.2. The minimum absolute atomic E-state index is 0.0117. The van der Waals surface area contributed by atoms with E-state index in [1.54, 1.807) is 26.1 Å². The summed E-state index contributed by atoms with van der Waals surface area (Å²) in [6.45, 7) is 14.3. The maximum absolute atomic E-state index is 12.5. The van der Waals surface area contributed by atoms with Crippen LogP contribution in [0.1, 0.15) is 73.6 Å². The van der Waals surface area contributed by atoms with Crippen molar-refractivity contribution in [2.75, 3.05) is 38.0 Å². The van der Waals surface area contributed by atoms with Gasteiger partial charge in [-0.05, 0) is 69.4 Å². The van der Waals surface area contributed by atoms with Crippen LogP contribution in [-0.2, 0) is 35.3 Å². The number of anilines is 1. The molecule has 4 N–H and O–H groups in total. The maximum Gasteiger partial charge on any atom is 0.287 e. The van der Waals surface area contributed by atoms with Crippen LogP contribution in [0, 0.1) is 17.8 Å². The normalized spacial score (nSPS) is 22.0. The highest BCUT2D eigenvalue weighted by Gasteiger charge is 2.38. The Labute approximate surface area is 277 Å². The lowest BCUT2D eigenvalue weighted by Gasteiger charge is -2.49. The monoisotopic (exact) mass is 659 g/mol. The van der Waals surface area contributed by atoms with Crippen LogP contribution >= 0.6 is 0 Å². The van der Waals surface area contributed by atoms with Gasteiger partial charge in [0.2, 0.25) is 29.9 Å². The molecular formula is C33H53N7O7. The Balaban J connectivity index is 0.000000331. The van der Waals surface area contributed by atoms with Gasteiger partial charge < -0.3 is 30.7 Å². The zero-order valence-electron chi connectivity index (χ0n) is 28.7. The number of Topliss-reactive ketones (excluding diaryl/α,β-unsaturated/α-hetero) is 1. The van der Waals surface area contributed by atoms with Crippen molar-refractivity contribution in [3.05, 3.63) is 28.7 Å². The van der Waals surface area contributed by atoms with E-state index in [0.29, 0.717) is 37.8 Å². The molecule has 0 spiro atoms. The molecule has 14 nitrogen and oxygen atoms in total. The van der Waals surface area contributed by atoms with E-state index >= 15 is 0 Å². The van der Waals surface area contributed by atoms with E-state index in [0.717, 1.165) is 31.8 Å². The van der Waals surface area contributed by atoms with Crippen molar-refractivity contribution < 1.29 is 28.8 Å². The molecule has 1 aromatic rings. The van der Waals surface area contributed by atoms with Crippen molar-refractivity contribution in [3.63, 3.8) is 0 Å². The van der Waals surface area contributed by atoms with E-state index in [4.69, 9.17) is 0 Å². The average Bonchev–Trinajstić information content (AvgIpc) is 3.00. The van der Waals surface area contributed by atoms with Crippen LogP contribution in [0.25, 0.3) is 0 Å². The summed E-state index contributed by atoms with van der Waals surface area (Å²) in [4.78, 5) is 85.1. The van der Waals surface area contributed by atoms with Crippen molar-refractivity contribution in [1.29, 1.82) is 0 Å². The molecule has 14 heteroatoms. The summed E-state index contributed by atoms with van der Waals surface area (Å²) < 4.78 is 1.32. The smallest absolute Gasteiger partial charge is 0.287 e. The molecule has 2 saturated heterocycles. The van der Waals surface area contributed by atoms with Crippen LogP contribution in [-0.4, -0.2) is 95.1 Å². The molecule has 262 valence electrons. The molecule has 2 fully saturated rings. The Kier molecular flexibility index (Phi) is 16.3. The van der Waals surface area contributed by atoms with Crippen molar-refractivity contribution in [2.45, 2.75) is 92.4 Å². The standard InChI is InChI=1S/C18H26N4O3.C15H27N3O4/c1-12-6-14-7-13(2)17(22(8-12)9-14)20-16(24)10-21-5-3-4-15(18(21)25)19-11-23;1-5-9-18(12(4)19)10-14(21)17-11(3)7-8-13(20)15(22)16-6-2/h3-5,11-14,17H,6-10H2,1-2H3,(H,19,23)(H,20,24);11H,5-10H2,1-4H3,(H,16,22)(H,17,21). The van der Waals surface area contributed by atoms with E-state index in [2.05, 4.69) is 40.0 Å². The van der Waals surface area contributed by atoms with Crippen LogP contribution < -0.4 is 26.8 Å². The molecule has 47 heavy (non-hydrogen) atoms. The number of hydrogen-bond donors (Lipinski definition) is 4. The van der Waals surface area contributed by atoms with Gasteiger partial charge in [-0.25, -0.2) is 0 Å². The number of nitrogens with zero attached hydrogens (tertiary/aromatic N) is 3. The second-order valence-corrected chi connectivity index (χ2v) is 12.7. The Hall–Kier alpha value is -4.07. The quantitative estimate of drug-likeness (QED) is 0.160. The largest absolute Gasteiger partial charge is 0.352 e. The summed E-state index contributed by atoms with van der Waals surface area (Å²) in [6.07, 6.45) is 5.69. The molecule has 0 radical (unpaired) electrons. The lowest BCUT2D eigenvalue weighted by Crippen LogP contribution is -2.60. The fourth-order valence-electron chi connectivity index (χ4n) is 6.27. The number of aromatic nitrogens is 1. The molecule has 6 atom stereocenters. The van der Waals surface area contributed by atoms with Crippen LogP contribution in [0.5, 0.6) is 0 Å². The summed E-state index contributed by atoms with van der Waals surface area (Å²) in [5.41, 5.74) is -0.211. The second-order valence-electron chi connectivity index (χ2n) is 12.7. The lowest BCUT2D eigenvalue weighted by atomic mass is 9.78. The Bertz CT molecular complexity index is 1300. The molecule has 3 rings (SSSR count). The SMILES string of the molecule is CC1CC2CC(C)C(NC(=O)Cn3cccc(NC=O)c3=O)N(C1)C2.CCCN(CC(=O)NC(C)CCC(=O)C(=O)NCC)C(C)=O. The number of carbonyl (C=O) groups excluding carboxylic acids is 6. The zero-order chi connectivity index (χ0) is 35.1. The van der Waals surface area contributed by atoms with Crippen LogP contribution in [0.2, 0.25) is 0 Å². The summed E-state index contributed by atoms with van der Waals surface area (Å²) in [6, 6.07) is 2.92. The van der Waals surface area contributed by atoms with Crippen molar-refractivity contribution in [2.24, 2.45) is 17.8 Å². The number of amides is 5. The molecule has 1 aromatic heterocycles. The van der Waals surface area contributed by atoms with Gasteiger partial charge in [-0.2, -0.15) is 0 Å². The third kappa shape index (κ3) is 12.9. The number of likely N-dealkylation sites (N-methyl/N-ethyl adjacent to an activating group) is 1. The van der Waals surface area contributed by atoms with Gasteiger partial charge in [-0.3, -0.25) is 38.5 Å². The summed E-state index contributed by atoms with van der Waals surface area (Å²) in [5, 5.41) is 10.6. The fraction of sp³-hybridized carbons (Fsp3) is 0.667. The summed E-state index contributed by atoms with van der Waals surface area (Å²) in [5.74, 6) is 0.109. The molecule has 0 aromatic carbocycles. The van der Waals surface area contributed by atoms with E-state index in [-0.39, 0.29) is 60.7 Å². The number of rotatable bonds is 15. The first kappa shape index (κ1) is 39.1. The third-order valence-electron chi connectivity index (χ3n) is 8.35. The Morgan fingerprint density at radius 3 is 2.45 bits per heavy atom. The number of fused-ring (bicyclic) bond motifs is 2. The first-order valence-electron chi connectivity index (χ1n) is 16.6. The first-order valence-corrected chi connectivity index (χ1v) is 16.6. The Morgan fingerprint density at radius 2 is 1.81 bits per heavy atom. The van der Waals surface area contributed by atoms with Gasteiger partial charge in [0.1, 0.15) is 12.2 Å². The minimum atomic E-state index is -0.591. The van der Waals surface area contributed by atoms with Crippen LogP contribution in [0.3, 0.4) is 0 Å². The summed E-state index contributed by atoms with van der Waals surface area (Å²) >= 11 is 0. The van der Waals surface area contributed by atoms with Gasteiger partial charge in [0, 0.05) is 51.8 Å². The predicted octanol–water partition coefficient (Wildman–Crippen LogP) is 1.09. The van der Waals surface area contributed by atoms with Crippen LogP contribution in [0.15, 0.2) is 23.1 Å². The topological polar surface area (TPSA) is 179 Å². The summed E-state index contributed by atoms with van der Waals surface area (Å²) in [7, 11) is 0. The molecule has 6 unspecified atom stereocenters. The maximum atomic E-state index is 12.5. The van der Waals surface area contributed by atoms with Gasteiger partial charge in [-0.15, -0.1) is 0 Å². The molecule has 3 heterocycles.